The number of aromatic nitrogens is 1. The van der Waals surface area contributed by atoms with Crippen LogP contribution in [0.25, 0.3) is 0 Å². The van der Waals surface area contributed by atoms with Gasteiger partial charge in [0.15, 0.2) is 0 Å². The average molecular weight is 328 g/mol. The highest BCUT2D eigenvalue weighted by molar-refractivity contribution is 7.99. The largest absolute Gasteiger partial charge is 0.338 e. The number of hydrogen-bond acceptors (Lipinski definition) is 4. The number of urea groups is 1. The van der Waals surface area contributed by atoms with Crippen LogP contribution >= 0.6 is 23.1 Å². The molecule has 1 aromatic rings. The normalized spacial score (nSPS) is 21.5. The van der Waals surface area contributed by atoms with Gasteiger partial charge in [-0.15, -0.1) is 11.3 Å². The van der Waals surface area contributed by atoms with Crippen molar-refractivity contribution in [3.05, 3.63) is 15.6 Å². The molecule has 0 radical (unpaired) electrons. The minimum Gasteiger partial charge on any atom is -0.338 e. The SMILES string of the molecule is CCc1nc(CCNC(=O)N[C@H]2CC[C@H](SC)C2)sc1C. The zero-order valence-corrected chi connectivity index (χ0v) is 14.7. The predicted molar refractivity (Wildman–Crippen MR) is 91.4 cm³/mol. The van der Waals surface area contributed by atoms with Gasteiger partial charge in [-0.3, -0.25) is 0 Å². The third-order valence-electron chi connectivity index (χ3n) is 3.95. The summed E-state index contributed by atoms with van der Waals surface area (Å²) in [4.78, 5) is 17.8. The van der Waals surface area contributed by atoms with Crippen LogP contribution in [0.15, 0.2) is 0 Å². The van der Waals surface area contributed by atoms with Gasteiger partial charge in [0, 0.05) is 29.1 Å². The van der Waals surface area contributed by atoms with Gasteiger partial charge < -0.3 is 10.6 Å². The predicted octanol–water partition coefficient (Wildman–Crippen LogP) is 3.14. The summed E-state index contributed by atoms with van der Waals surface area (Å²) in [5, 5.41) is 7.85. The van der Waals surface area contributed by atoms with Crippen molar-refractivity contribution < 1.29 is 4.79 Å². The lowest BCUT2D eigenvalue weighted by Crippen LogP contribution is -2.41. The van der Waals surface area contributed by atoms with Gasteiger partial charge in [-0.05, 0) is 38.9 Å². The fraction of sp³-hybridized carbons (Fsp3) is 0.733. The summed E-state index contributed by atoms with van der Waals surface area (Å²) in [6, 6.07) is 0.307. The molecule has 1 aliphatic carbocycles. The molecule has 0 aliphatic heterocycles. The number of aryl methyl sites for hydroxylation is 2. The molecular weight excluding hydrogens is 302 g/mol. The van der Waals surface area contributed by atoms with E-state index in [-0.39, 0.29) is 6.03 Å². The van der Waals surface area contributed by atoms with E-state index in [4.69, 9.17) is 0 Å². The van der Waals surface area contributed by atoms with E-state index in [0.717, 1.165) is 30.7 Å². The lowest BCUT2D eigenvalue weighted by Gasteiger charge is -2.13. The minimum atomic E-state index is -0.0363. The number of nitrogens with one attached hydrogen (secondary N) is 2. The third-order valence-corrected chi connectivity index (χ3v) is 6.12. The Labute approximate surface area is 135 Å². The highest BCUT2D eigenvalue weighted by atomic mass is 32.2. The Morgan fingerprint density at radius 2 is 2.29 bits per heavy atom. The summed E-state index contributed by atoms with van der Waals surface area (Å²) in [7, 11) is 0. The fourth-order valence-corrected chi connectivity index (χ4v) is 4.55. The Morgan fingerprint density at radius 3 is 2.90 bits per heavy atom. The van der Waals surface area contributed by atoms with Crippen LogP contribution in [0.2, 0.25) is 0 Å². The van der Waals surface area contributed by atoms with Gasteiger partial charge in [-0.1, -0.05) is 6.92 Å². The molecule has 0 bridgehead atoms. The highest BCUT2D eigenvalue weighted by Gasteiger charge is 2.24. The number of amides is 2. The van der Waals surface area contributed by atoms with Crippen LogP contribution in [0, 0.1) is 6.92 Å². The number of carbonyl (C=O) groups is 1. The van der Waals surface area contributed by atoms with Gasteiger partial charge >= 0.3 is 6.03 Å². The summed E-state index contributed by atoms with van der Waals surface area (Å²) in [6.07, 6.45) is 7.36. The van der Waals surface area contributed by atoms with Crippen molar-refractivity contribution >= 4 is 29.1 Å². The Kier molecular flexibility index (Phi) is 6.36. The first kappa shape index (κ1) is 16.6. The van der Waals surface area contributed by atoms with Gasteiger partial charge in [0.1, 0.15) is 0 Å². The van der Waals surface area contributed by atoms with Gasteiger partial charge in [0.2, 0.25) is 0 Å². The molecule has 1 heterocycles. The first-order chi connectivity index (χ1) is 10.1. The molecule has 2 atom stereocenters. The second-order valence-electron chi connectivity index (χ2n) is 5.48. The summed E-state index contributed by atoms with van der Waals surface area (Å²) >= 11 is 3.65. The summed E-state index contributed by atoms with van der Waals surface area (Å²) in [5.41, 5.74) is 1.19. The highest BCUT2D eigenvalue weighted by Crippen LogP contribution is 2.28. The van der Waals surface area contributed by atoms with E-state index in [1.165, 1.54) is 17.0 Å². The summed E-state index contributed by atoms with van der Waals surface area (Å²) < 4.78 is 0. The van der Waals surface area contributed by atoms with Gasteiger partial charge in [-0.25, -0.2) is 9.78 Å². The van der Waals surface area contributed by atoms with Crippen molar-refractivity contribution in [3.63, 3.8) is 0 Å². The average Bonchev–Trinajstić information content (AvgIpc) is 3.05. The van der Waals surface area contributed by atoms with Crippen molar-refractivity contribution in [3.8, 4) is 0 Å². The summed E-state index contributed by atoms with van der Waals surface area (Å²) in [5.74, 6) is 0. The van der Waals surface area contributed by atoms with E-state index >= 15 is 0 Å². The van der Waals surface area contributed by atoms with Crippen LogP contribution in [0.3, 0.4) is 0 Å². The molecule has 2 amide bonds. The molecule has 0 aromatic carbocycles. The maximum atomic E-state index is 11.9. The number of nitrogens with zero attached hydrogens (tertiary/aromatic N) is 1. The van der Waals surface area contributed by atoms with Crippen molar-refractivity contribution in [1.29, 1.82) is 0 Å². The topological polar surface area (TPSA) is 54.0 Å². The standard InChI is InChI=1S/C15H25N3OS2/c1-4-13-10(2)21-14(18-13)7-8-16-15(19)17-11-5-6-12(9-11)20-3/h11-12H,4-9H2,1-3H3,(H2,16,17,19)/t11-,12-/m0/s1. The van der Waals surface area contributed by atoms with Crippen LogP contribution < -0.4 is 10.6 Å². The quantitative estimate of drug-likeness (QED) is 0.844. The maximum Gasteiger partial charge on any atom is 0.315 e. The molecule has 1 fully saturated rings. The molecule has 0 unspecified atom stereocenters. The molecule has 21 heavy (non-hydrogen) atoms. The number of rotatable bonds is 6. The molecule has 4 nitrogen and oxygen atoms in total. The Morgan fingerprint density at radius 1 is 1.48 bits per heavy atom. The molecule has 1 saturated carbocycles. The summed E-state index contributed by atoms with van der Waals surface area (Å²) in [6.45, 7) is 4.89. The molecule has 0 saturated heterocycles. The zero-order chi connectivity index (χ0) is 15.2. The first-order valence-electron chi connectivity index (χ1n) is 7.64. The van der Waals surface area contributed by atoms with Crippen molar-refractivity contribution in [1.82, 2.24) is 15.6 Å². The van der Waals surface area contributed by atoms with E-state index < -0.39 is 0 Å². The van der Waals surface area contributed by atoms with Gasteiger partial charge in [-0.2, -0.15) is 11.8 Å². The van der Waals surface area contributed by atoms with E-state index in [1.807, 2.05) is 11.8 Å². The zero-order valence-electron chi connectivity index (χ0n) is 13.1. The second-order valence-corrected chi connectivity index (χ2v) is 7.91. The van der Waals surface area contributed by atoms with Gasteiger partial charge in [0.05, 0.1) is 10.7 Å². The maximum absolute atomic E-state index is 11.9. The lowest BCUT2D eigenvalue weighted by atomic mass is 10.2. The Bertz CT molecular complexity index is 475. The fourth-order valence-electron chi connectivity index (χ4n) is 2.73. The molecule has 6 heteroatoms. The van der Waals surface area contributed by atoms with E-state index in [2.05, 4.69) is 35.7 Å². The van der Waals surface area contributed by atoms with Gasteiger partial charge in [0.25, 0.3) is 0 Å². The Balaban J connectivity index is 1.67. The van der Waals surface area contributed by atoms with Crippen LogP contribution in [0.1, 0.15) is 41.8 Å². The second kappa shape index (κ2) is 8.03. The van der Waals surface area contributed by atoms with Crippen LogP contribution in [0.4, 0.5) is 4.79 Å². The first-order valence-corrected chi connectivity index (χ1v) is 9.75. The van der Waals surface area contributed by atoms with E-state index in [9.17, 15) is 4.79 Å². The Hall–Kier alpha value is -0.750. The third kappa shape index (κ3) is 4.88. The van der Waals surface area contributed by atoms with Crippen molar-refractivity contribution in [2.45, 2.75) is 57.2 Å². The molecule has 1 aliphatic rings. The lowest BCUT2D eigenvalue weighted by molar-refractivity contribution is 0.237. The molecular formula is C15H25N3OS2. The monoisotopic (exact) mass is 327 g/mol. The van der Waals surface area contributed by atoms with Crippen LogP contribution in [-0.4, -0.2) is 35.1 Å². The van der Waals surface area contributed by atoms with Crippen LogP contribution in [0.5, 0.6) is 0 Å². The number of hydrogen-bond donors (Lipinski definition) is 2. The number of thiazole rings is 1. The van der Waals surface area contributed by atoms with E-state index in [1.54, 1.807) is 11.3 Å². The van der Waals surface area contributed by atoms with Crippen LogP contribution in [-0.2, 0) is 12.8 Å². The molecule has 118 valence electrons. The molecule has 2 rings (SSSR count). The van der Waals surface area contributed by atoms with Crippen molar-refractivity contribution in [2.75, 3.05) is 12.8 Å². The molecule has 1 aromatic heterocycles. The number of carbonyl (C=O) groups excluding carboxylic acids is 1. The van der Waals surface area contributed by atoms with Crippen molar-refractivity contribution in [2.24, 2.45) is 0 Å². The smallest absolute Gasteiger partial charge is 0.315 e. The van der Waals surface area contributed by atoms with E-state index in [0.29, 0.717) is 17.8 Å². The number of thioether (sulfide) groups is 1. The molecule has 2 N–H and O–H groups in total. The minimum absolute atomic E-state index is 0.0363. The molecule has 0 spiro atoms.